The Morgan fingerprint density at radius 1 is 1.00 bits per heavy atom. The van der Waals surface area contributed by atoms with Gasteiger partial charge in [0.25, 0.3) is 0 Å². The lowest BCUT2D eigenvalue weighted by Crippen LogP contribution is -2.30. The van der Waals surface area contributed by atoms with Crippen LogP contribution in [0.5, 0.6) is 5.75 Å². The Morgan fingerprint density at radius 3 is 2.56 bits per heavy atom. The van der Waals surface area contributed by atoms with Crippen LogP contribution >= 0.6 is 0 Å². The molecule has 1 amide bonds. The van der Waals surface area contributed by atoms with E-state index in [0.717, 1.165) is 24.5 Å². The summed E-state index contributed by atoms with van der Waals surface area (Å²) < 4.78 is 5.80. The van der Waals surface area contributed by atoms with Crippen LogP contribution in [0.3, 0.4) is 0 Å². The molecule has 2 N–H and O–H groups in total. The van der Waals surface area contributed by atoms with Gasteiger partial charge in [0.2, 0.25) is 5.91 Å². The van der Waals surface area contributed by atoms with Gasteiger partial charge in [-0.25, -0.2) is 0 Å². The third-order valence-electron chi connectivity index (χ3n) is 4.50. The molecular formula is C23H32N2O2. The van der Waals surface area contributed by atoms with Gasteiger partial charge in [0.15, 0.2) is 0 Å². The van der Waals surface area contributed by atoms with Crippen molar-refractivity contribution in [3.05, 3.63) is 60.2 Å². The van der Waals surface area contributed by atoms with Gasteiger partial charge in [-0.2, -0.15) is 0 Å². The number of hydrogen-bond donors (Lipinski definition) is 2. The minimum Gasteiger partial charge on any atom is -0.494 e. The number of amides is 1. The van der Waals surface area contributed by atoms with Gasteiger partial charge in [0.05, 0.1) is 13.2 Å². The van der Waals surface area contributed by atoms with Crippen molar-refractivity contribution in [3.63, 3.8) is 0 Å². The SMILES string of the molecule is CCCCCCCOc1cccc(NC(=O)CNC(C)c2ccccc2)c1. The molecule has 2 aromatic rings. The average molecular weight is 369 g/mol. The maximum absolute atomic E-state index is 12.2. The minimum atomic E-state index is -0.0607. The van der Waals surface area contributed by atoms with Crippen LogP contribution in [-0.4, -0.2) is 19.1 Å². The van der Waals surface area contributed by atoms with Gasteiger partial charge < -0.3 is 15.4 Å². The van der Waals surface area contributed by atoms with E-state index in [9.17, 15) is 4.79 Å². The van der Waals surface area contributed by atoms with E-state index in [1.54, 1.807) is 0 Å². The standard InChI is InChI=1S/C23H32N2O2/c1-3-4-5-6-10-16-27-22-15-11-14-21(17-22)25-23(26)18-24-19(2)20-12-8-7-9-13-20/h7-9,11-15,17,19,24H,3-6,10,16,18H2,1-2H3,(H,25,26). The number of unbranched alkanes of at least 4 members (excludes halogenated alkanes) is 4. The molecule has 0 spiro atoms. The van der Waals surface area contributed by atoms with Gasteiger partial charge in [-0.15, -0.1) is 0 Å². The van der Waals surface area contributed by atoms with Gasteiger partial charge >= 0.3 is 0 Å². The fourth-order valence-corrected chi connectivity index (χ4v) is 2.87. The molecule has 0 bridgehead atoms. The Hall–Kier alpha value is -2.33. The van der Waals surface area contributed by atoms with Crippen molar-refractivity contribution in [2.45, 2.75) is 52.0 Å². The van der Waals surface area contributed by atoms with Crippen LogP contribution in [0.4, 0.5) is 5.69 Å². The van der Waals surface area contributed by atoms with Gasteiger partial charge in [-0.3, -0.25) is 4.79 Å². The van der Waals surface area contributed by atoms with Crippen molar-refractivity contribution in [2.75, 3.05) is 18.5 Å². The molecule has 0 radical (unpaired) electrons. The first-order valence-corrected chi connectivity index (χ1v) is 10.00. The molecule has 0 aliphatic rings. The van der Waals surface area contributed by atoms with E-state index in [0.29, 0.717) is 0 Å². The Kier molecular flexibility index (Phi) is 9.42. The number of carbonyl (C=O) groups is 1. The molecule has 0 heterocycles. The zero-order valence-electron chi connectivity index (χ0n) is 16.5. The molecule has 1 atom stereocenters. The van der Waals surface area contributed by atoms with Crippen LogP contribution in [0.25, 0.3) is 0 Å². The Balaban J connectivity index is 1.72. The van der Waals surface area contributed by atoms with E-state index >= 15 is 0 Å². The summed E-state index contributed by atoms with van der Waals surface area (Å²) in [5.41, 5.74) is 1.93. The van der Waals surface area contributed by atoms with Gasteiger partial charge in [-0.05, 0) is 31.0 Å². The smallest absolute Gasteiger partial charge is 0.238 e. The molecule has 0 aliphatic heterocycles. The van der Waals surface area contributed by atoms with Crippen molar-refractivity contribution in [1.82, 2.24) is 5.32 Å². The van der Waals surface area contributed by atoms with Crippen molar-refractivity contribution < 1.29 is 9.53 Å². The first-order chi connectivity index (χ1) is 13.2. The van der Waals surface area contributed by atoms with Crippen LogP contribution in [0.2, 0.25) is 0 Å². The Morgan fingerprint density at radius 2 is 1.78 bits per heavy atom. The number of benzene rings is 2. The molecule has 0 saturated carbocycles. The molecule has 146 valence electrons. The molecular weight excluding hydrogens is 336 g/mol. The molecule has 1 unspecified atom stereocenters. The molecule has 2 aromatic carbocycles. The van der Waals surface area contributed by atoms with Gasteiger partial charge in [0, 0.05) is 17.8 Å². The number of rotatable bonds is 12. The maximum Gasteiger partial charge on any atom is 0.238 e. The summed E-state index contributed by atoms with van der Waals surface area (Å²) in [5, 5.41) is 6.17. The third-order valence-corrected chi connectivity index (χ3v) is 4.50. The second kappa shape index (κ2) is 12.1. The van der Waals surface area contributed by atoms with E-state index in [1.807, 2.05) is 42.5 Å². The summed E-state index contributed by atoms with van der Waals surface area (Å²) >= 11 is 0. The van der Waals surface area contributed by atoms with Gasteiger partial charge in [-0.1, -0.05) is 69.0 Å². The highest BCUT2D eigenvalue weighted by molar-refractivity contribution is 5.92. The summed E-state index contributed by atoms with van der Waals surface area (Å²) in [5.74, 6) is 0.739. The summed E-state index contributed by atoms with van der Waals surface area (Å²) in [6.07, 6.45) is 6.08. The minimum absolute atomic E-state index is 0.0607. The fourth-order valence-electron chi connectivity index (χ4n) is 2.87. The Labute approximate surface area is 163 Å². The molecule has 4 nitrogen and oxygen atoms in total. The quantitative estimate of drug-likeness (QED) is 0.498. The van der Waals surface area contributed by atoms with Crippen LogP contribution in [0, 0.1) is 0 Å². The summed E-state index contributed by atoms with van der Waals surface area (Å²) in [7, 11) is 0. The lowest BCUT2D eigenvalue weighted by atomic mass is 10.1. The predicted octanol–water partition coefficient (Wildman–Crippen LogP) is 5.33. The molecule has 4 heteroatoms. The lowest BCUT2D eigenvalue weighted by Gasteiger charge is -2.14. The first kappa shape index (κ1) is 21.0. The maximum atomic E-state index is 12.2. The highest BCUT2D eigenvalue weighted by Gasteiger charge is 2.08. The second-order valence-corrected chi connectivity index (χ2v) is 6.85. The number of nitrogens with one attached hydrogen (secondary N) is 2. The third kappa shape index (κ3) is 8.27. The molecule has 27 heavy (non-hydrogen) atoms. The molecule has 0 aromatic heterocycles. The van der Waals surface area contributed by atoms with Crippen LogP contribution in [0.15, 0.2) is 54.6 Å². The van der Waals surface area contributed by atoms with Crippen molar-refractivity contribution >= 4 is 11.6 Å². The monoisotopic (exact) mass is 368 g/mol. The first-order valence-electron chi connectivity index (χ1n) is 10.00. The average Bonchev–Trinajstić information content (AvgIpc) is 2.70. The van der Waals surface area contributed by atoms with Crippen molar-refractivity contribution in [3.8, 4) is 5.75 Å². The van der Waals surface area contributed by atoms with E-state index < -0.39 is 0 Å². The van der Waals surface area contributed by atoms with Crippen LogP contribution < -0.4 is 15.4 Å². The van der Waals surface area contributed by atoms with E-state index in [2.05, 4.69) is 36.6 Å². The summed E-state index contributed by atoms with van der Waals surface area (Å²) in [4.78, 5) is 12.2. The van der Waals surface area contributed by atoms with E-state index in [4.69, 9.17) is 4.74 Å². The highest BCUT2D eigenvalue weighted by atomic mass is 16.5. The van der Waals surface area contributed by atoms with Crippen molar-refractivity contribution in [1.29, 1.82) is 0 Å². The Bertz CT molecular complexity index is 673. The summed E-state index contributed by atoms with van der Waals surface area (Å²) in [6.45, 7) is 5.25. The second-order valence-electron chi connectivity index (χ2n) is 6.85. The number of ether oxygens (including phenoxy) is 1. The van der Waals surface area contributed by atoms with E-state index in [1.165, 1.54) is 31.2 Å². The number of anilines is 1. The number of carbonyl (C=O) groups excluding carboxylic acids is 1. The number of hydrogen-bond acceptors (Lipinski definition) is 3. The lowest BCUT2D eigenvalue weighted by molar-refractivity contribution is -0.115. The predicted molar refractivity (Wildman–Crippen MR) is 112 cm³/mol. The molecule has 0 saturated heterocycles. The molecule has 2 rings (SSSR count). The fraction of sp³-hybridized carbons (Fsp3) is 0.435. The summed E-state index contributed by atoms with van der Waals surface area (Å²) in [6, 6.07) is 17.8. The van der Waals surface area contributed by atoms with Crippen molar-refractivity contribution in [2.24, 2.45) is 0 Å². The van der Waals surface area contributed by atoms with Gasteiger partial charge in [0.1, 0.15) is 5.75 Å². The largest absolute Gasteiger partial charge is 0.494 e. The highest BCUT2D eigenvalue weighted by Crippen LogP contribution is 2.18. The molecule has 0 fully saturated rings. The zero-order chi connectivity index (χ0) is 19.3. The van der Waals surface area contributed by atoms with Crippen LogP contribution in [0.1, 0.15) is 57.6 Å². The molecule has 0 aliphatic carbocycles. The normalized spacial score (nSPS) is 11.8. The van der Waals surface area contributed by atoms with Crippen LogP contribution in [-0.2, 0) is 4.79 Å². The topological polar surface area (TPSA) is 50.4 Å². The van der Waals surface area contributed by atoms with E-state index in [-0.39, 0.29) is 18.5 Å². The zero-order valence-corrected chi connectivity index (χ0v) is 16.5.